The summed E-state index contributed by atoms with van der Waals surface area (Å²) in [6, 6.07) is 11.3. The first-order valence-corrected chi connectivity index (χ1v) is 7.54. The van der Waals surface area contributed by atoms with E-state index in [-0.39, 0.29) is 29.2 Å². The molecule has 5 N–H and O–H groups in total. The molecule has 1 amide bonds. The Morgan fingerprint density at radius 2 is 1.96 bits per heavy atom. The first kappa shape index (κ1) is 16.2. The first-order valence-electron chi connectivity index (χ1n) is 7.54. The van der Waals surface area contributed by atoms with Gasteiger partial charge in [-0.25, -0.2) is 9.67 Å². The first-order chi connectivity index (χ1) is 12.0. The van der Waals surface area contributed by atoms with Crippen molar-refractivity contribution in [2.45, 2.75) is 6.42 Å². The molecule has 2 aromatic heterocycles. The zero-order valence-corrected chi connectivity index (χ0v) is 13.2. The second-order valence-corrected chi connectivity index (χ2v) is 5.30. The summed E-state index contributed by atoms with van der Waals surface area (Å²) in [5.74, 6) is 0.0630. The third-order valence-electron chi connectivity index (χ3n) is 3.44. The minimum atomic E-state index is -0.432. The summed E-state index contributed by atoms with van der Waals surface area (Å²) in [4.78, 5) is 42.0. The molecule has 0 unspecified atom stereocenters. The molecule has 0 fully saturated rings. The largest absolute Gasteiger partial charge is 0.383 e. The number of nitrogens with two attached hydrogens (primary N) is 1. The van der Waals surface area contributed by atoms with Crippen LogP contribution < -0.4 is 22.2 Å². The van der Waals surface area contributed by atoms with E-state index in [4.69, 9.17) is 5.73 Å². The molecule has 0 saturated carbocycles. The Labute approximate surface area is 141 Å². The van der Waals surface area contributed by atoms with Crippen molar-refractivity contribution in [3.63, 3.8) is 0 Å². The van der Waals surface area contributed by atoms with E-state index in [0.717, 1.165) is 0 Å². The van der Waals surface area contributed by atoms with Crippen LogP contribution >= 0.6 is 0 Å². The fourth-order valence-electron chi connectivity index (χ4n) is 2.32. The number of carbonyl (C=O) groups excluding carboxylic acids is 1. The average molecular weight is 340 g/mol. The Morgan fingerprint density at radius 1 is 1.20 bits per heavy atom. The standard InChI is InChI=1S/C16H16N6O3/c17-12-9-14(23)20-13(19-12)6-7-18-16(25)11-8-15(24)22(21-11)10-4-2-1-3-5-10/h1-5,8-9,21H,6-7H2,(H,18,25)(H3,17,19,20,23). The van der Waals surface area contributed by atoms with E-state index in [2.05, 4.69) is 20.4 Å². The minimum Gasteiger partial charge on any atom is -0.383 e. The van der Waals surface area contributed by atoms with E-state index in [1.165, 1.54) is 16.8 Å². The van der Waals surface area contributed by atoms with E-state index >= 15 is 0 Å². The molecular weight excluding hydrogens is 324 g/mol. The molecule has 3 aromatic rings. The van der Waals surface area contributed by atoms with Crippen LogP contribution in [0.2, 0.25) is 0 Å². The lowest BCUT2D eigenvalue weighted by Crippen LogP contribution is -2.27. The second kappa shape index (κ2) is 6.87. The van der Waals surface area contributed by atoms with E-state index in [1.54, 1.807) is 24.3 Å². The van der Waals surface area contributed by atoms with Crippen molar-refractivity contribution in [2.75, 3.05) is 12.3 Å². The molecule has 0 spiro atoms. The number of benzene rings is 1. The van der Waals surface area contributed by atoms with Crippen molar-refractivity contribution in [1.82, 2.24) is 25.1 Å². The molecule has 0 bridgehead atoms. The van der Waals surface area contributed by atoms with Crippen molar-refractivity contribution in [1.29, 1.82) is 0 Å². The Kier molecular flexibility index (Phi) is 4.46. The lowest BCUT2D eigenvalue weighted by Gasteiger charge is -2.04. The van der Waals surface area contributed by atoms with Crippen LogP contribution in [0.25, 0.3) is 5.69 Å². The molecule has 0 aliphatic carbocycles. The van der Waals surface area contributed by atoms with Gasteiger partial charge in [-0.15, -0.1) is 0 Å². The van der Waals surface area contributed by atoms with Gasteiger partial charge in [0.05, 0.1) is 5.69 Å². The Balaban J connectivity index is 1.66. The number of hydrogen-bond acceptors (Lipinski definition) is 5. The third kappa shape index (κ3) is 3.83. The van der Waals surface area contributed by atoms with Gasteiger partial charge in [0.2, 0.25) is 0 Å². The SMILES string of the molecule is Nc1cc(=O)[nH]c(CCNC(=O)c2cc(=O)n(-c3ccccc3)[nH]2)n1. The number of H-pyrrole nitrogens is 2. The predicted molar refractivity (Wildman–Crippen MR) is 91.7 cm³/mol. The number of carbonyl (C=O) groups is 1. The third-order valence-corrected chi connectivity index (χ3v) is 3.44. The van der Waals surface area contributed by atoms with E-state index in [0.29, 0.717) is 17.9 Å². The zero-order chi connectivity index (χ0) is 17.8. The number of nitrogens with zero attached hydrogens (tertiary/aromatic N) is 2. The number of aromatic amines is 2. The molecule has 3 rings (SSSR count). The zero-order valence-electron chi connectivity index (χ0n) is 13.2. The van der Waals surface area contributed by atoms with Gasteiger partial charge < -0.3 is 16.0 Å². The fraction of sp³-hybridized carbons (Fsp3) is 0.125. The number of rotatable bonds is 5. The predicted octanol–water partition coefficient (Wildman–Crippen LogP) is -0.196. The van der Waals surface area contributed by atoms with Crippen molar-refractivity contribution < 1.29 is 4.79 Å². The van der Waals surface area contributed by atoms with Crippen LogP contribution in [0.15, 0.2) is 52.1 Å². The van der Waals surface area contributed by atoms with E-state index in [9.17, 15) is 14.4 Å². The fourth-order valence-corrected chi connectivity index (χ4v) is 2.32. The summed E-state index contributed by atoms with van der Waals surface area (Å²) in [7, 11) is 0. The number of nitrogens with one attached hydrogen (secondary N) is 3. The second-order valence-electron chi connectivity index (χ2n) is 5.30. The van der Waals surface area contributed by atoms with Crippen LogP contribution in [-0.2, 0) is 6.42 Å². The van der Waals surface area contributed by atoms with Crippen LogP contribution in [0.1, 0.15) is 16.3 Å². The smallest absolute Gasteiger partial charge is 0.271 e. The summed E-state index contributed by atoms with van der Waals surface area (Å²) in [5.41, 5.74) is 5.59. The Morgan fingerprint density at radius 3 is 2.68 bits per heavy atom. The van der Waals surface area contributed by atoms with Gasteiger partial charge in [0, 0.05) is 25.1 Å². The molecule has 9 nitrogen and oxygen atoms in total. The molecule has 0 saturated heterocycles. The van der Waals surface area contributed by atoms with Gasteiger partial charge in [-0.1, -0.05) is 18.2 Å². The average Bonchev–Trinajstić information content (AvgIpc) is 2.97. The lowest BCUT2D eigenvalue weighted by atomic mass is 10.3. The summed E-state index contributed by atoms with van der Waals surface area (Å²) < 4.78 is 1.28. The number of aromatic nitrogens is 4. The maximum Gasteiger partial charge on any atom is 0.271 e. The molecule has 9 heteroatoms. The quantitative estimate of drug-likeness (QED) is 0.509. The van der Waals surface area contributed by atoms with Crippen molar-refractivity contribution >= 4 is 11.7 Å². The molecule has 0 aliphatic heterocycles. The molecule has 0 radical (unpaired) electrons. The van der Waals surface area contributed by atoms with E-state index < -0.39 is 5.91 Å². The molecule has 0 aliphatic rings. The van der Waals surface area contributed by atoms with Crippen LogP contribution in [0.4, 0.5) is 5.82 Å². The number of nitrogen functional groups attached to an aromatic ring is 1. The summed E-state index contributed by atoms with van der Waals surface area (Å²) in [6.07, 6.45) is 0.301. The number of hydrogen-bond donors (Lipinski definition) is 4. The molecule has 25 heavy (non-hydrogen) atoms. The van der Waals surface area contributed by atoms with E-state index in [1.807, 2.05) is 6.07 Å². The van der Waals surface area contributed by atoms with Crippen LogP contribution in [-0.4, -0.2) is 32.2 Å². The van der Waals surface area contributed by atoms with Crippen LogP contribution in [0.3, 0.4) is 0 Å². The van der Waals surface area contributed by atoms with Gasteiger partial charge in [0.25, 0.3) is 17.0 Å². The summed E-state index contributed by atoms with van der Waals surface area (Å²) in [5, 5.41) is 5.42. The van der Waals surface area contributed by atoms with Gasteiger partial charge in [-0.2, -0.15) is 0 Å². The monoisotopic (exact) mass is 340 g/mol. The van der Waals surface area contributed by atoms with Crippen LogP contribution in [0, 0.1) is 0 Å². The minimum absolute atomic E-state index is 0.120. The summed E-state index contributed by atoms with van der Waals surface area (Å²) >= 11 is 0. The number of para-hydroxylation sites is 1. The maximum atomic E-state index is 12.2. The van der Waals surface area contributed by atoms with Gasteiger partial charge in [0.15, 0.2) is 0 Å². The van der Waals surface area contributed by atoms with Crippen molar-refractivity contribution in [3.05, 3.63) is 74.7 Å². The van der Waals surface area contributed by atoms with Crippen LogP contribution in [0.5, 0.6) is 0 Å². The highest BCUT2D eigenvalue weighted by atomic mass is 16.2. The Hall–Kier alpha value is -3.62. The van der Waals surface area contributed by atoms with Crippen molar-refractivity contribution in [2.24, 2.45) is 0 Å². The lowest BCUT2D eigenvalue weighted by molar-refractivity contribution is 0.0948. The van der Waals surface area contributed by atoms with Crippen molar-refractivity contribution in [3.8, 4) is 5.69 Å². The normalized spacial score (nSPS) is 10.6. The molecular formula is C16H16N6O3. The number of anilines is 1. The molecule has 1 aromatic carbocycles. The highest BCUT2D eigenvalue weighted by Crippen LogP contribution is 2.03. The Bertz CT molecular complexity index is 1000. The molecule has 128 valence electrons. The number of amides is 1. The molecule has 2 heterocycles. The maximum absolute atomic E-state index is 12.2. The molecule has 0 atom stereocenters. The van der Waals surface area contributed by atoms with Gasteiger partial charge in [-0.3, -0.25) is 19.5 Å². The van der Waals surface area contributed by atoms with Gasteiger partial charge >= 0.3 is 0 Å². The van der Waals surface area contributed by atoms with Gasteiger partial charge in [-0.05, 0) is 12.1 Å². The topological polar surface area (TPSA) is 139 Å². The highest BCUT2D eigenvalue weighted by molar-refractivity contribution is 5.92. The summed E-state index contributed by atoms with van der Waals surface area (Å²) in [6.45, 7) is 0.226. The highest BCUT2D eigenvalue weighted by Gasteiger charge is 2.12. The van der Waals surface area contributed by atoms with Gasteiger partial charge in [0.1, 0.15) is 17.3 Å².